The third-order valence-electron chi connectivity index (χ3n) is 3.78. The highest BCUT2D eigenvalue weighted by molar-refractivity contribution is 5.91. The zero-order valence-electron chi connectivity index (χ0n) is 14.4. The molecule has 27 heavy (non-hydrogen) atoms. The van der Waals surface area contributed by atoms with Gasteiger partial charge in [0.1, 0.15) is 12.1 Å². The fraction of sp³-hybridized carbons (Fsp3) is 0.167. The summed E-state index contributed by atoms with van der Waals surface area (Å²) in [6.07, 6.45) is 1.40. The highest BCUT2D eigenvalue weighted by atomic mass is 19.1. The Labute approximate surface area is 154 Å². The van der Waals surface area contributed by atoms with Crippen molar-refractivity contribution in [1.29, 1.82) is 0 Å². The van der Waals surface area contributed by atoms with Crippen LogP contribution in [0.5, 0.6) is 0 Å². The van der Waals surface area contributed by atoms with Gasteiger partial charge < -0.3 is 9.64 Å². The van der Waals surface area contributed by atoms with Gasteiger partial charge in [-0.1, -0.05) is 18.2 Å². The largest absolute Gasteiger partial charge is 0.452 e. The lowest BCUT2D eigenvalue weighted by molar-refractivity contribution is -0.133. The molecule has 1 heterocycles. The highest BCUT2D eigenvalue weighted by Crippen LogP contribution is 2.10. The van der Waals surface area contributed by atoms with Crippen LogP contribution in [0, 0.1) is 5.82 Å². The molecule has 0 aliphatic heterocycles. The average molecular weight is 369 g/mol. The van der Waals surface area contributed by atoms with Gasteiger partial charge in [-0.15, -0.1) is 5.10 Å². The minimum Gasteiger partial charge on any atom is -0.452 e. The molecule has 3 aromatic rings. The first kappa shape index (κ1) is 18.2. The molecule has 138 valence electrons. The topological polar surface area (TPSA) is 90.2 Å². The second kappa shape index (κ2) is 8.17. The third kappa shape index (κ3) is 4.72. The number of aromatic nitrogens is 4. The molecule has 0 aliphatic rings. The van der Waals surface area contributed by atoms with E-state index in [1.165, 1.54) is 28.0 Å². The van der Waals surface area contributed by atoms with Crippen molar-refractivity contribution in [3.8, 4) is 5.69 Å². The van der Waals surface area contributed by atoms with Crippen molar-refractivity contribution in [3.05, 3.63) is 71.8 Å². The predicted molar refractivity (Wildman–Crippen MR) is 92.3 cm³/mol. The van der Waals surface area contributed by atoms with Crippen LogP contribution in [0.25, 0.3) is 5.69 Å². The van der Waals surface area contributed by atoms with E-state index in [1.54, 1.807) is 43.4 Å². The Bertz CT molecular complexity index is 928. The number of hydrogen-bond acceptors (Lipinski definition) is 6. The van der Waals surface area contributed by atoms with E-state index in [0.717, 1.165) is 5.56 Å². The summed E-state index contributed by atoms with van der Waals surface area (Å²) < 4.78 is 19.4. The Kier molecular flexibility index (Phi) is 5.50. The van der Waals surface area contributed by atoms with Crippen molar-refractivity contribution < 1.29 is 18.7 Å². The number of likely N-dealkylation sites (N-methyl/N-ethyl adjacent to an activating group) is 1. The van der Waals surface area contributed by atoms with Crippen LogP contribution in [0.4, 0.5) is 4.39 Å². The lowest BCUT2D eigenvalue weighted by Crippen LogP contribution is -2.30. The Morgan fingerprint density at radius 1 is 1.19 bits per heavy atom. The minimum atomic E-state index is -0.631. The van der Waals surface area contributed by atoms with Gasteiger partial charge >= 0.3 is 5.97 Å². The van der Waals surface area contributed by atoms with Crippen molar-refractivity contribution in [2.24, 2.45) is 0 Å². The molecule has 0 spiro atoms. The molecule has 1 amide bonds. The summed E-state index contributed by atoms with van der Waals surface area (Å²) in [5, 5.41) is 10.8. The monoisotopic (exact) mass is 369 g/mol. The number of tetrazole rings is 1. The smallest absolute Gasteiger partial charge is 0.338 e. The normalized spacial score (nSPS) is 10.4. The van der Waals surface area contributed by atoms with Crippen LogP contribution in [0.1, 0.15) is 15.9 Å². The molecule has 1 aromatic heterocycles. The average Bonchev–Trinajstić information content (AvgIpc) is 3.22. The first-order valence-electron chi connectivity index (χ1n) is 8.02. The van der Waals surface area contributed by atoms with Gasteiger partial charge in [0.15, 0.2) is 6.61 Å². The fourth-order valence-electron chi connectivity index (χ4n) is 2.33. The number of ether oxygens (including phenoxy) is 1. The van der Waals surface area contributed by atoms with Crippen LogP contribution in [-0.2, 0) is 16.1 Å². The van der Waals surface area contributed by atoms with Crippen LogP contribution in [-0.4, -0.2) is 50.6 Å². The lowest BCUT2D eigenvalue weighted by atomic mass is 10.2. The van der Waals surface area contributed by atoms with Crippen molar-refractivity contribution >= 4 is 11.9 Å². The number of amides is 1. The summed E-state index contributed by atoms with van der Waals surface area (Å²) in [4.78, 5) is 25.7. The van der Waals surface area contributed by atoms with E-state index < -0.39 is 12.6 Å². The molecule has 0 saturated carbocycles. The van der Waals surface area contributed by atoms with E-state index in [2.05, 4.69) is 15.5 Å². The number of carbonyl (C=O) groups is 2. The summed E-state index contributed by atoms with van der Waals surface area (Å²) in [5.41, 5.74) is 1.64. The summed E-state index contributed by atoms with van der Waals surface area (Å²) in [7, 11) is 1.58. The molecule has 0 fully saturated rings. The third-order valence-corrected chi connectivity index (χ3v) is 3.78. The van der Waals surface area contributed by atoms with Crippen molar-refractivity contribution in [3.63, 3.8) is 0 Å². The number of benzene rings is 2. The number of halogens is 1. The maximum Gasteiger partial charge on any atom is 0.338 e. The molecule has 0 atom stereocenters. The molecule has 8 nitrogen and oxygen atoms in total. The molecule has 0 N–H and O–H groups in total. The van der Waals surface area contributed by atoms with Gasteiger partial charge in [0.05, 0.1) is 11.3 Å². The van der Waals surface area contributed by atoms with E-state index >= 15 is 0 Å². The molecule has 0 bridgehead atoms. The predicted octanol–water partition coefficient (Wildman–Crippen LogP) is 1.62. The summed E-state index contributed by atoms with van der Waals surface area (Å²) in [5.74, 6) is -1.34. The maximum atomic E-state index is 12.9. The fourth-order valence-corrected chi connectivity index (χ4v) is 2.33. The van der Waals surface area contributed by atoms with Gasteiger partial charge in [0.2, 0.25) is 0 Å². The van der Waals surface area contributed by atoms with E-state index in [1.807, 2.05) is 0 Å². The maximum absolute atomic E-state index is 12.9. The van der Waals surface area contributed by atoms with Crippen molar-refractivity contribution in [2.75, 3.05) is 13.7 Å². The quantitative estimate of drug-likeness (QED) is 0.613. The number of esters is 1. The second-order valence-corrected chi connectivity index (χ2v) is 5.76. The first-order valence-corrected chi connectivity index (χ1v) is 8.02. The van der Waals surface area contributed by atoms with Crippen LogP contribution in [0.15, 0.2) is 54.9 Å². The van der Waals surface area contributed by atoms with E-state index in [-0.39, 0.29) is 23.8 Å². The van der Waals surface area contributed by atoms with Crippen molar-refractivity contribution in [1.82, 2.24) is 25.1 Å². The van der Waals surface area contributed by atoms with Gasteiger partial charge in [0, 0.05) is 13.6 Å². The highest BCUT2D eigenvalue weighted by Gasteiger charge is 2.14. The number of rotatable bonds is 6. The number of nitrogens with zero attached hydrogens (tertiary/aromatic N) is 5. The van der Waals surface area contributed by atoms with Crippen LogP contribution >= 0.6 is 0 Å². The molecule has 3 rings (SSSR count). The zero-order valence-corrected chi connectivity index (χ0v) is 14.4. The van der Waals surface area contributed by atoms with Gasteiger partial charge in [-0.25, -0.2) is 13.9 Å². The number of hydrogen-bond donors (Lipinski definition) is 0. The standard InChI is InChI=1S/C18H16FN5O3/c1-23(10-13-5-7-15(19)8-6-13)17(25)11-27-18(26)14-3-2-4-16(9-14)24-12-20-21-22-24/h2-9,12H,10-11H2,1H3. The summed E-state index contributed by atoms with van der Waals surface area (Å²) >= 11 is 0. The van der Waals surface area contributed by atoms with E-state index in [0.29, 0.717) is 5.69 Å². The molecule has 0 unspecified atom stereocenters. The molecule has 0 saturated heterocycles. The Morgan fingerprint density at radius 3 is 2.67 bits per heavy atom. The van der Waals surface area contributed by atoms with Gasteiger partial charge in [0.25, 0.3) is 5.91 Å². The van der Waals surface area contributed by atoms with Crippen LogP contribution in [0.2, 0.25) is 0 Å². The molecule has 2 aromatic carbocycles. The Morgan fingerprint density at radius 2 is 1.96 bits per heavy atom. The van der Waals surface area contributed by atoms with Crippen molar-refractivity contribution in [2.45, 2.75) is 6.54 Å². The number of carbonyl (C=O) groups excluding carboxylic acids is 2. The Balaban J connectivity index is 1.56. The second-order valence-electron chi connectivity index (χ2n) is 5.76. The first-order chi connectivity index (χ1) is 13.0. The van der Waals surface area contributed by atoms with Crippen LogP contribution < -0.4 is 0 Å². The Hall–Kier alpha value is -3.62. The molecule has 0 radical (unpaired) electrons. The van der Waals surface area contributed by atoms with Gasteiger partial charge in [-0.3, -0.25) is 4.79 Å². The van der Waals surface area contributed by atoms with Gasteiger partial charge in [-0.2, -0.15) is 0 Å². The SMILES string of the molecule is CN(Cc1ccc(F)cc1)C(=O)COC(=O)c1cccc(-n2cnnn2)c1. The summed E-state index contributed by atoms with van der Waals surface area (Å²) in [6.45, 7) is -0.114. The van der Waals surface area contributed by atoms with E-state index in [4.69, 9.17) is 4.74 Å². The molecule has 9 heteroatoms. The molecule has 0 aliphatic carbocycles. The molecular formula is C18H16FN5O3. The molecular weight excluding hydrogens is 353 g/mol. The lowest BCUT2D eigenvalue weighted by Gasteiger charge is -2.17. The van der Waals surface area contributed by atoms with Gasteiger partial charge in [-0.05, 0) is 46.3 Å². The van der Waals surface area contributed by atoms with Crippen LogP contribution in [0.3, 0.4) is 0 Å². The van der Waals surface area contributed by atoms with E-state index in [9.17, 15) is 14.0 Å². The zero-order chi connectivity index (χ0) is 19.2. The minimum absolute atomic E-state index is 0.275. The summed E-state index contributed by atoms with van der Waals surface area (Å²) in [6, 6.07) is 12.4.